The van der Waals surface area contributed by atoms with Gasteiger partial charge in [0.1, 0.15) is 23.9 Å². The lowest BCUT2D eigenvalue weighted by Gasteiger charge is -2.15. The molecule has 9 heteroatoms. The van der Waals surface area contributed by atoms with Gasteiger partial charge in [0.2, 0.25) is 5.91 Å². The van der Waals surface area contributed by atoms with Gasteiger partial charge in [0, 0.05) is 5.69 Å². The molecular weight excluding hydrogens is 467 g/mol. The van der Waals surface area contributed by atoms with Gasteiger partial charge in [0.15, 0.2) is 11.0 Å². The van der Waals surface area contributed by atoms with Crippen LogP contribution < -0.4 is 14.8 Å². The summed E-state index contributed by atoms with van der Waals surface area (Å²) < 4.78 is 27.4. The van der Waals surface area contributed by atoms with Crippen LogP contribution in [0.15, 0.2) is 78.0 Å². The molecule has 1 aromatic heterocycles. The number of aryl methyl sites for hydroxylation is 1. The number of para-hydroxylation sites is 2. The number of carbonyl (C=O) groups is 1. The van der Waals surface area contributed by atoms with Crippen LogP contribution in [0.2, 0.25) is 0 Å². The van der Waals surface area contributed by atoms with E-state index in [0.717, 1.165) is 11.3 Å². The smallest absolute Gasteiger partial charge is 0.237 e. The quantitative estimate of drug-likeness (QED) is 0.314. The number of halogens is 1. The van der Waals surface area contributed by atoms with Crippen LogP contribution in [-0.4, -0.2) is 33.0 Å². The molecule has 3 aromatic carbocycles. The first-order valence-electron chi connectivity index (χ1n) is 11.0. The van der Waals surface area contributed by atoms with Crippen molar-refractivity contribution < 1.29 is 18.7 Å². The van der Waals surface area contributed by atoms with Crippen molar-refractivity contribution in [2.45, 2.75) is 30.9 Å². The van der Waals surface area contributed by atoms with Gasteiger partial charge in [-0.3, -0.25) is 9.36 Å². The molecule has 0 bridgehead atoms. The first kappa shape index (κ1) is 24.3. The SMILES string of the molecule is COc1ccc(OCc2nnc(SC(C)C(=O)Nc3ccccc3C)n2-c2ccccc2F)cc1. The molecule has 35 heavy (non-hydrogen) atoms. The maximum absolute atomic E-state index is 14.8. The largest absolute Gasteiger partial charge is 0.497 e. The molecule has 0 radical (unpaired) electrons. The van der Waals surface area contributed by atoms with Crippen molar-refractivity contribution in [3.63, 3.8) is 0 Å². The number of anilines is 1. The van der Waals surface area contributed by atoms with E-state index in [1.807, 2.05) is 31.2 Å². The Hall–Kier alpha value is -3.85. The van der Waals surface area contributed by atoms with Gasteiger partial charge < -0.3 is 14.8 Å². The van der Waals surface area contributed by atoms with Crippen molar-refractivity contribution in [1.29, 1.82) is 0 Å². The predicted molar refractivity (Wildman–Crippen MR) is 134 cm³/mol. The average Bonchev–Trinajstić information content (AvgIpc) is 3.26. The van der Waals surface area contributed by atoms with Crippen LogP contribution in [0.25, 0.3) is 5.69 Å². The lowest BCUT2D eigenvalue weighted by molar-refractivity contribution is -0.115. The van der Waals surface area contributed by atoms with Crippen LogP contribution in [0.1, 0.15) is 18.3 Å². The minimum Gasteiger partial charge on any atom is -0.497 e. The second-order valence-electron chi connectivity index (χ2n) is 7.71. The number of amides is 1. The maximum Gasteiger partial charge on any atom is 0.237 e. The monoisotopic (exact) mass is 492 g/mol. The van der Waals surface area contributed by atoms with Crippen molar-refractivity contribution in [3.8, 4) is 17.2 Å². The molecule has 4 aromatic rings. The number of nitrogens with zero attached hydrogens (tertiary/aromatic N) is 3. The van der Waals surface area contributed by atoms with E-state index >= 15 is 0 Å². The Bertz CT molecular complexity index is 1310. The number of hydrogen-bond acceptors (Lipinski definition) is 6. The summed E-state index contributed by atoms with van der Waals surface area (Å²) in [6, 6.07) is 21.0. The average molecular weight is 493 g/mol. The Labute approximate surface area is 207 Å². The maximum atomic E-state index is 14.8. The third-order valence-corrected chi connectivity index (χ3v) is 6.32. The molecule has 0 aliphatic heterocycles. The first-order valence-corrected chi connectivity index (χ1v) is 11.8. The number of methoxy groups -OCH3 is 1. The highest BCUT2D eigenvalue weighted by atomic mass is 32.2. The predicted octanol–water partition coefficient (Wildman–Crippen LogP) is 5.42. The fourth-order valence-electron chi connectivity index (χ4n) is 3.32. The molecule has 1 unspecified atom stereocenters. The molecular formula is C26H25FN4O3S. The lowest BCUT2D eigenvalue weighted by Crippen LogP contribution is -2.23. The zero-order valence-corrected chi connectivity index (χ0v) is 20.4. The fourth-order valence-corrected chi connectivity index (χ4v) is 4.20. The molecule has 180 valence electrons. The molecule has 1 N–H and O–H groups in total. The molecule has 0 saturated carbocycles. The Morgan fingerprint density at radius 3 is 2.43 bits per heavy atom. The number of ether oxygens (including phenoxy) is 2. The summed E-state index contributed by atoms with van der Waals surface area (Å²) in [5, 5.41) is 11.3. The number of thioether (sulfide) groups is 1. The summed E-state index contributed by atoms with van der Waals surface area (Å²) in [5.74, 6) is 1.10. The van der Waals surface area contributed by atoms with Crippen LogP contribution in [0.5, 0.6) is 11.5 Å². The normalized spacial score (nSPS) is 11.7. The van der Waals surface area contributed by atoms with Gasteiger partial charge >= 0.3 is 0 Å². The van der Waals surface area contributed by atoms with Crippen LogP contribution in [0.4, 0.5) is 10.1 Å². The molecule has 1 atom stereocenters. The highest BCUT2D eigenvalue weighted by Gasteiger charge is 2.23. The zero-order chi connectivity index (χ0) is 24.8. The Kier molecular flexibility index (Phi) is 7.67. The first-order chi connectivity index (χ1) is 17.0. The fraction of sp³-hybridized carbons (Fsp3) is 0.192. The molecule has 0 fully saturated rings. The standard InChI is InChI=1S/C26H25FN4O3S/c1-17-8-4-6-10-22(17)28-25(32)18(2)35-26-30-29-24(31(26)23-11-7-5-9-21(23)27)16-34-20-14-12-19(33-3)13-15-20/h4-15,18H,16H2,1-3H3,(H,28,32). The Morgan fingerprint density at radius 1 is 1.03 bits per heavy atom. The van der Waals surface area contributed by atoms with Gasteiger partial charge in [-0.15, -0.1) is 10.2 Å². The topological polar surface area (TPSA) is 78.3 Å². The van der Waals surface area contributed by atoms with Gasteiger partial charge in [-0.25, -0.2) is 4.39 Å². The Morgan fingerprint density at radius 2 is 1.71 bits per heavy atom. The highest BCUT2D eigenvalue weighted by molar-refractivity contribution is 8.00. The van der Waals surface area contributed by atoms with Gasteiger partial charge in [-0.2, -0.15) is 0 Å². The minimum absolute atomic E-state index is 0.0536. The molecule has 1 amide bonds. The van der Waals surface area contributed by atoms with Crippen LogP contribution in [0, 0.1) is 12.7 Å². The molecule has 0 spiro atoms. The van der Waals surface area contributed by atoms with Crippen LogP contribution >= 0.6 is 11.8 Å². The van der Waals surface area contributed by atoms with Gasteiger partial charge in [0.25, 0.3) is 0 Å². The van der Waals surface area contributed by atoms with E-state index < -0.39 is 11.1 Å². The van der Waals surface area contributed by atoms with Gasteiger partial charge in [0.05, 0.1) is 18.0 Å². The molecule has 7 nitrogen and oxygen atoms in total. The number of carbonyl (C=O) groups excluding carboxylic acids is 1. The zero-order valence-electron chi connectivity index (χ0n) is 19.6. The lowest BCUT2D eigenvalue weighted by atomic mass is 10.2. The second kappa shape index (κ2) is 11.1. The number of benzene rings is 3. The molecule has 4 rings (SSSR count). The number of nitrogens with one attached hydrogen (secondary N) is 1. The summed E-state index contributed by atoms with van der Waals surface area (Å²) >= 11 is 1.19. The summed E-state index contributed by atoms with van der Waals surface area (Å²) in [6.07, 6.45) is 0. The molecule has 1 heterocycles. The van der Waals surface area contributed by atoms with Crippen molar-refractivity contribution in [3.05, 3.63) is 90.0 Å². The minimum atomic E-state index is -0.514. The second-order valence-corrected chi connectivity index (χ2v) is 9.02. The van der Waals surface area contributed by atoms with Crippen molar-refractivity contribution in [2.75, 3.05) is 12.4 Å². The van der Waals surface area contributed by atoms with Crippen LogP contribution in [0.3, 0.4) is 0 Å². The highest BCUT2D eigenvalue weighted by Crippen LogP contribution is 2.29. The van der Waals surface area contributed by atoms with Crippen molar-refractivity contribution >= 4 is 23.4 Å². The summed E-state index contributed by atoms with van der Waals surface area (Å²) in [6.45, 7) is 3.75. The van der Waals surface area contributed by atoms with Crippen molar-refractivity contribution in [1.82, 2.24) is 14.8 Å². The van der Waals surface area contributed by atoms with E-state index in [4.69, 9.17) is 9.47 Å². The van der Waals surface area contributed by atoms with Crippen LogP contribution in [-0.2, 0) is 11.4 Å². The van der Waals surface area contributed by atoms with E-state index in [1.165, 1.54) is 17.8 Å². The number of hydrogen-bond donors (Lipinski definition) is 1. The van der Waals surface area contributed by atoms with Gasteiger partial charge in [-0.1, -0.05) is 42.1 Å². The number of aromatic nitrogens is 3. The number of rotatable bonds is 9. The molecule has 0 saturated heterocycles. The van der Waals surface area contributed by atoms with E-state index in [1.54, 1.807) is 61.1 Å². The third-order valence-electron chi connectivity index (χ3n) is 5.28. The third kappa shape index (κ3) is 5.81. The summed E-state index contributed by atoms with van der Waals surface area (Å²) in [7, 11) is 1.59. The summed E-state index contributed by atoms with van der Waals surface area (Å²) in [4.78, 5) is 12.9. The van der Waals surface area contributed by atoms with E-state index in [9.17, 15) is 9.18 Å². The van der Waals surface area contributed by atoms with Gasteiger partial charge in [-0.05, 0) is 61.9 Å². The molecule has 0 aliphatic rings. The van der Waals surface area contributed by atoms with Crippen molar-refractivity contribution in [2.24, 2.45) is 0 Å². The molecule has 0 aliphatic carbocycles. The Balaban J connectivity index is 1.56. The summed E-state index contributed by atoms with van der Waals surface area (Å²) in [5.41, 5.74) is 1.99. The van der Waals surface area contributed by atoms with E-state index in [2.05, 4.69) is 15.5 Å². The van der Waals surface area contributed by atoms with E-state index in [0.29, 0.717) is 22.5 Å². The van der Waals surface area contributed by atoms with E-state index in [-0.39, 0.29) is 18.2 Å².